The lowest BCUT2D eigenvalue weighted by Crippen LogP contribution is -2.22. The summed E-state index contributed by atoms with van der Waals surface area (Å²) in [6.45, 7) is 1.21. The van der Waals surface area contributed by atoms with Gasteiger partial charge in [0.2, 0.25) is 5.89 Å². The molecule has 0 saturated carbocycles. The number of rotatable bonds is 5. The Morgan fingerprint density at radius 1 is 1.53 bits per heavy atom. The topological polar surface area (TPSA) is 83.4 Å². The maximum Gasteiger partial charge on any atom is 0.245 e. The summed E-state index contributed by atoms with van der Waals surface area (Å²) >= 11 is 0. The Bertz CT molecular complexity index is 336. The summed E-state index contributed by atoms with van der Waals surface area (Å²) in [5.74, 6) is 1.09. The highest BCUT2D eigenvalue weighted by atomic mass is 16.5. The van der Waals surface area contributed by atoms with Gasteiger partial charge in [-0.2, -0.15) is 4.98 Å². The predicted octanol–water partition coefficient (Wildman–Crippen LogP) is 0.827. The average Bonchev–Trinajstić information content (AvgIpc) is 2.79. The van der Waals surface area contributed by atoms with Crippen LogP contribution in [0.5, 0.6) is 0 Å². The average molecular weight is 241 g/mol. The number of hydrogen-bond acceptors (Lipinski definition) is 6. The van der Waals surface area contributed by atoms with Crippen molar-refractivity contribution in [2.45, 2.75) is 37.8 Å². The van der Waals surface area contributed by atoms with Gasteiger partial charge in [-0.3, -0.25) is 0 Å². The number of ether oxygens (including phenoxy) is 2. The van der Waals surface area contributed by atoms with Crippen LogP contribution in [-0.2, 0) is 15.9 Å². The third kappa shape index (κ3) is 3.49. The second kappa shape index (κ2) is 6.09. The van der Waals surface area contributed by atoms with Crippen LogP contribution in [0.3, 0.4) is 0 Å². The van der Waals surface area contributed by atoms with E-state index in [0.717, 1.165) is 19.4 Å². The fraction of sp³-hybridized carbons (Fsp3) is 0.818. The summed E-state index contributed by atoms with van der Waals surface area (Å²) in [6, 6.07) is -0.353. The first kappa shape index (κ1) is 12.5. The maximum absolute atomic E-state index is 5.80. The Morgan fingerprint density at radius 2 is 2.41 bits per heavy atom. The number of methoxy groups -OCH3 is 1. The quantitative estimate of drug-likeness (QED) is 0.822. The van der Waals surface area contributed by atoms with Crippen molar-refractivity contribution in [3.63, 3.8) is 0 Å². The molecule has 0 amide bonds. The summed E-state index contributed by atoms with van der Waals surface area (Å²) in [5.41, 5.74) is 5.80. The Kier molecular flexibility index (Phi) is 4.47. The molecule has 0 radical (unpaired) electrons. The maximum atomic E-state index is 5.80. The Balaban J connectivity index is 1.88. The molecule has 1 aliphatic rings. The molecule has 1 aromatic rings. The van der Waals surface area contributed by atoms with Crippen LogP contribution in [0.1, 0.15) is 37.0 Å². The van der Waals surface area contributed by atoms with Crippen LogP contribution < -0.4 is 5.73 Å². The van der Waals surface area contributed by atoms with Crippen LogP contribution >= 0.6 is 0 Å². The third-order valence-corrected chi connectivity index (χ3v) is 2.83. The lowest BCUT2D eigenvalue weighted by Gasteiger charge is -2.20. The van der Waals surface area contributed by atoms with Gasteiger partial charge in [0, 0.05) is 20.1 Å². The van der Waals surface area contributed by atoms with E-state index < -0.39 is 0 Å². The first-order chi connectivity index (χ1) is 8.29. The van der Waals surface area contributed by atoms with Gasteiger partial charge in [0.1, 0.15) is 6.04 Å². The van der Waals surface area contributed by atoms with Crippen LogP contribution in [0, 0.1) is 0 Å². The van der Waals surface area contributed by atoms with Crippen LogP contribution in [-0.4, -0.2) is 36.6 Å². The second-order valence-corrected chi connectivity index (χ2v) is 4.30. The highest BCUT2D eigenvalue weighted by Gasteiger charge is 2.19. The van der Waals surface area contributed by atoms with Crippen molar-refractivity contribution in [1.29, 1.82) is 0 Å². The van der Waals surface area contributed by atoms with E-state index in [1.54, 1.807) is 7.11 Å². The molecular formula is C11H19N3O3. The second-order valence-electron chi connectivity index (χ2n) is 4.30. The zero-order valence-corrected chi connectivity index (χ0v) is 10.1. The molecule has 1 aliphatic heterocycles. The molecule has 0 aromatic carbocycles. The first-order valence-corrected chi connectivity index (χ1v) is 5.98. The molecule has 2 rings (SSSR count). The van der Waals surface area contributed by atoms with Crippen LogP contribution in [0.25, 0.3) is 0 Å². The van der Waals surface area contributed by atoms with Gasteiger partial charge in [-0.15, -0.1) is 0 Å². The molecule has 1 saturated heterocycles. The molecule has 17 heavy (non-hydrogen) atoms. The molecular weight excluding hydrogens is 222 g/mol. The summed E-state index contributed by atoms with van der Waals surface area (Å²) in [5, 5.41) is 3.91. The van der Waals surface area contributed by atoms with E-state index in [0.29, 0.717) is 24.7 Å². The van der Waals surface area contributed by atoms with Gasteiger partial charge in [0.15, 0.2) is 5.82 Å². The summed E-state index contributed by atoms with van der Waals surface area (Å²) in [6.07, 6.45) is 4.33. The number of nitrogens with zero attached hydrogens (tertiary/aromatic N) is 2. The van der Waals surface area contributed by atoms with E-state index >= 15 is 0 Å². The molecule has 1 aromatic heterocycles. The normalized spacial score (nSPS) is 22.6. The minimum atomic E-state index is -0.353. The van der Waals surface area contributed by atoms with Gasteiger partial charge in [0.05, 0.1) is 12.7 Å². The van der Waals surface area contributed by atoms with E-state index in [1.807, 2.05) is 0 Å². The molecule has 2 heterocycles. The number of aromatic nitrogens is 2. The van der Waals surface area contributed by atoms with E-state index in [1.165, 1.54) is 6.42 Å². The van der Waals surface area contributed by atoms with Crippen molar-refractivity contribution in [2.24, 2.45) is 5.73 Å². The van der Waals surface area contributed by atoms with Crippen molar-refractivity contribution >= 4 is 0 Å². The monoisotopic (exact) mass is 241 g/mol. The molecule has 2 atom stereocenters. The highest BCUT2D eigenvalue weighted by Crippen LogP contribution is 2.16. The van der Waals surface area contributed by atoms with Crippen molar-refractivity contribution in [3.8, 4) is 0 Å². The van der Waals surface area contributed by atoms with Gasteiger partial charge >= 0.3 is 0 Å². The Labute approximate surface area is 100 Å². The lowest BCUT2D eigenvalue weighted by atomic mass is 10.1. The molecule has 1 fully saturated rings. The van der Waals surface area contributed by atoms with E-state index in [-0.39, 0.29) is 12.1 Å². The van der Waals surface area contributed by atoms with Crippen molar-refractivity contribution in [3.05, 3.63) is 11.7 Å². The molecule has 2 unspecified atom stereocenters. The van der Waals surface area contributed by atoms with Gasteiger partial charge in [-0.25, -0.2) is 0 Å². The smallest absolute Gasteiger partial charge is 0.245 e. The van der Waals surface area contributed by atoms with Gasteiger partial charge in [-0.1, -0.05) is 5.16 Å². The van der Waals surface area contributed by atoms with E-state index in [2.05, 4.69) is 10.1 Å². The molecule has 6 heteroatoms. The Hall–Kier alpha value is -0.980. The van der Waals surface area contributed by atoms with Gasteiger partial charge < -0.3 is 19.7 Å². The van der Waals surface area contributed by atoms with Gasteiger partial charge in [-0.05, 0) is 19.3 Å². The van der Waals surface area contributed by atoms with Crippen LogP contribution in [0.15, 0.2) is 4.52 Å². The molecule has 96 valence electrons. The van der Waals surface area contributed by atoms with Gasteiger partial charge in [0.25, 0.3) is 0 Å². The van der Waals surface area contributed by atoms with Crippen LogP contribution in [0.4, 0.5) is 0 Å². The SMILES string of the molecule is COCC(N)c1nc(CC2CCCCO2)no1. The Morgan fingerprint density at radius 3 is 3.12 bits per heavy atom. The molecule has 2 N–H and O–H groups in total. The molecule has 0 spiro atoms. The fourth-order valence-electron chi connectivity index (χ4n) is 1.92. The molecule has 6 nitrogen and oxygen atoms in total. The molecule has 0 aliphatic carbocycles. The third-order valence-electron chi connectivity index (χ3n) is 2.83. The van der Waals surface area contributed by atoms with Crippen molar-refractivity contribution in [1.82, 2.24) is 10.1 Å². The predicted molar refractivity (Wildman–Crippen MR) is 60.4 cm³/mol. The van der Waals surface area contributed by atoms with Crippen LogP contribution in [0.2, 0.25) is 0 Å². The summed E-state index contributed by atoms with van der Waals surface area (Å²) in [4.78, 5) is 4.26. The van der Waals surface area contributed by atoms with Crippen molar-refractivity contribution in [2.75, 3.05) is 20.3 Å². The largest absolute Gasteiger partial charge is 0.383 e. The summed E-state index contributed by atoms with van der Waals surface area (Å²) < 4.78 is 15.7. The van der Waals surface area contributed by atoms with Crippen molar-refractivity contribution < 1.29 is 14.0 Å². The first-order valence-electron chi connectivity index (χ1n) is 5.98. The minimum Gasteiger partial charge on any atom is -0.383 e. The fourth-order valence-corrected chi connectivity index (χ4v) is 1.92. The minimum absolute atomic E-state index is 0.216. The number of hydrogen-bond donors (Lipinski definition) is 1. The highest BCUT2D eigenvalue weighted by molar-refractivity contribution is 4.93. The van der Waals surface area contributed by atoms with E-state index in [4.69, 9.17) is 19.7 Å². The summed E-state index contributed by atoms with van der Waals surface area (Å²) in [7, 11) is 1.59. The number of nitrogens with two attached hydrogens (primary N) is 1. The zero-order valence-electron chi connectivity index (χ0n) is 10.1. The zero-order chi connectivity index (χ0) is 12.1. The van der Waals surface area contributed by atoms with E-state index in [9.17, 15) is 0 Å². The molecule has 0 bridgehead atoms. The standard InChI is InChI=1S/C11H19N3O3/c1-15-7-9(12)11-13-10(14-17-11)6-8-4-2-3-5-16-8/h8-9H,2-7,12H2,1H3. The lowest BCUT2D eigenvalue weighted by molar-refractivity contribution is 0.0153.